The van der Waals surface area contributed by atoms with Crippen LogP contribution in [0.15, 0.2) is 59.5 Å². The van der Waals surface area contributed by atoms with Gasteiger partial charge in [0, 0.05) is 25.7 Å². The third kappa shape index (κ3) is 4.11. The molecular formula is C21H27N3O3S. The van der Waals surface area contributed by atoms with Crippen LogP contribution in [0, 0.1) is 6.92 Å². The predicted molar refractivity (Wildman–Crippen MR) is 109 cm³/mol. The van der Waals surface area contributed by atoms with Crippen molar-refractivity contribution in [2.24, 2.45) is 5.73 Å². The number of carbonyl (C=O) groups excluding carboxylic acids is 1. The summed E-state index contributed by atoms with van der Waals surface area (Å²) >= 11 is 0. The number of hydrogen-bond acceptors (Lipinski definition) is 4. The van der Waals surface area contributed by atoms with Crippen molar-refractivity contribution in [2.75, 3.05) is 13.1 Å². The molecule has 1 aliphatic heterocycles. The van der Waals surface area contributed by atoms with Gasteiger partial charge in [-0.25, -0.2) is 8.42 Å². The number of benzene rings is 2. The Labute approximate surface area is 167 Å². The van der Waals surface area contributed by atoms with E-state index in [4.69, 9.17) is 5.73 Å². The monoisotopic (exact) mass is 401 g/mol. The Bertz CT molecular complexity index is 914. The quantitative estimate of drug-likeness (QED) is 0.832. The highest BCUT2D eigenvalue weighted by Crippen LogP contribution is 2.27. The van der Waals surface area contributed by atoms with Crippen molar-refractivity contribution >= 4 is 15.9 Å². The fourth-order valence-corrected chi connectivity index (χ4v) is 5.46. The van der Waals surface area contributed by atoms with E-state index in [1.807, 2.05) is 37.3 Å². The highest BCUT2D eigenvalue weighted by Gasteiger charge is 2.41. The van der Waals surface area contributed by atoms with Crippen LogP contribution in [0.2, 0.25) is 0 Å². The zero-order valence-electron chi connectivity index (χ0n) is 16.3. The molecule has 1 amide bonds. The summed E-state index contributed by atoms with van der Waals surface area (Å²) < 4.78 is 28.0. The van der Waals surface area contributed by atoms with Crippen molar-refractivity contribution in [1.82, 2.24) is 9.21 Å². The molecule has 28 heavy (non-hydrogen) atoms. The Balaban J connectivity index is 1.92. The first-order valence-electron chi connectivity index (χ1n) is 9.47. The van der Waals surface area contributed by atoms with Crippen LogP contribution in [-0.4, -0.2) is 48.7 Å². The number of carbonyl (C=O) groups is 1. The molecule has 1 heterocycles. The molecule has 2 aromatic carbocycles. The molecule has 7 heteroatoms. The maximum Gasteiger partial charge on any atom is 0.244 e. The standard InChI is InChI=1S/C21H27N3O3S/c1-16-8-10-20(11-9-16)28(26,27)24-17(2)21(25)23(13-12-19(24)14-22)15-18-6-4-3-5-7-18/h3-11,17,19H,12-15,22H2,1-2H3. The van der Waals surface area contributed by atoms with Gasteiger partial charge in [-0.2, -0.15) is 4.31 Å². The second-order valence-corrected chi connectivity index (χ2v) is 9.09. The van der Waals surface area contributed by atoms with Gasteiger partial charge in [0.1, 0.15) is 6.04 Å². The smallest absolute Gasteiger partial charge is 0.244 e. The number of hydrogen-bond donors (Lipinski definition) is 1. The van der Waals surface area contributed by atoms with E-state index in [-0.39, 0.29) is 17.3 Å². The minimum atomic E-state index is -3.84. The Morgan fingerprint density at radius 3 is 2.32 bits per heavy atom. The van der Waals surface area contributed by atoms with Gasteiger partial charge in [-0.1, -0.05) is 48.0 Å². The molecule has 0 radical (unpaired) electrons. The van der Waals surface area contributed by atoms with Crippen molar-refractivity contribution < 1.29 is 13.2 Å². The molecule has 2 unspecified atom stereocenters. The van der Waals surface area contributed by atoms with Crippen LogP contribution in [0.3, 0.4) is 0 Å². The summed E-state index contributed by atoms with van der Waals surface area (Å²) in [6.07, 6.45) is 0.504. The molecule has 2 N–H and O–H groups in total. The van der Waals surface area contributed by atoms with E-state index in [1.54, 1.807) is 36.1 Å². The van der Waals surface area contributed by atoms with Gasteiger partial charge in [0.25, 0.3) is 0 Å². The third-order valence-corrected chi connectivity index (χ3v) is 7.26. The molecule has 150 valence electrons. The minimum absolute atomic E-state index is 0.169. The van der Waals surface area contributed by atoms with Crippen molar-refractivity contribution in [3.8, 4) is 0 Å². The molecule has 6 nitrogen and oxygen atoms in total. The average molecular weight is 402 g/mol. The summed E-state index contributed by atoms with van der Waals surface area (Å²) in [6, 6.07) is 15.2. The lowest BCUT2D eigenvalue weighted by atomic mass is 10.2. The number of nitrogens with zero attached hydrogens (tertiary/aromatic N) is 2. The van der Waals surface area contributed by atoms with Gasteiger partial charge in [0.05, 0.1) is 4.90 Å². The third-order valence-electron chi connectivity index (χ3n) is 5.23. The second-order valence-electron chi connectivity index (χ2n) is 7.25. The van der Waals surface area contributed by atoms with E-state index >= 15 is 0 Å². The molecule has 0 spiro atoms. The van der Waals surface area contributed by atoms with Gasteiger partial charge >= 0.3 is 0 Å². The molecule has 0 aliphatic carbocycles. The van der Waals surface area contributed by atoms with Crippen LogP contribution >= 0.6 is 0 Å². The van der Waals surface area contributed by atoms with E-state index in [9.17, 15) is 13.2 Å². The number of amides is 1. The molecule has 0 bridgehead atoms. The summed E-state index contributed by atoms with van der Waals surface area (Å²) in [5.41, 5.74) is 7.92. The fourth-order valence-electron chi connectivity index (χ4n) is 3.65. The van der Waals surface area contributed by atoms with Gasteiger partial charge in [-0.3, -0.25) is 4.79 Å². The lowest BCUT2D eigenvalue weighted by Crippen LogP contribution is -2.51. The molecule has 3 rings (SSSR count). The summed E-state index contributed by atoms with van der Waals surface area (Å²) in [6.45, 7) is 4.65. The highest BCUT2D eigenvalue weighted by atomic mass is 32.2. The van der Waals surface area contributed by atoms with Gasteiger partial charge in [-0.15, -0.1) is 0 Å². The summed E-state index contributed by atoms with van der Waals surface area (Å²) in [5, 5.41) is 0. The Hall–Kier alpha value is -2.22. The van der Waals surface area contributed by atoms with Gasteiger partial charge < -0.3 is 10.6 Å². The number of aryl methyl sites for hydroxylation is 1. The largest absolute Gasteiger partial charge is 0.337 e. The van der Waals surface area contributed by atoms with E-state index in [2.05, 4.69) is 0 Å². The summed E-state index contributed by atoms with van der Waals surface area (Å²) in [7, 11) is -3.84. The van der Waals surface area contributed by atoms with Gasteiger partial charge in [-0.05, 0) is 38.0 Å². The summed E-state index contributed by atoms with van der Waals surface area (Å²) in [5.74, 6) is -0.199. The molecule has 0 aromatic heterocycles. The van der Waals surface area contributed by atoms with Crippen molar-refractivity contribution in [1.29, 1.82) is 0 Å². The van der Waals surface area contributed by atoms with E-state index in [0.717, 1.165) is 11.1 Å². The maximum absolute atomic E-state index is 13.3. The first kappa shape index (κ1) is 20.5. The average Bonchev–Trinajstić information content (AvgIpc) is 2.81. The lowest BCUT2D eigenvalue weighted by molar-refractivity contribution is -0.134. The van der Waals surface area contributed by atoms with Crippen LogP contribution in [-0.2, 0) is 21.4 Å². The zero-order valence-corrected chi connectivity index (χ0v) is 17.1. The first-order valence-corrected chi connectivity index (χ1v) is 10.9. The Kier molecular flexibility index (Phi) is 6.17. The van der Waals surface area contributed by atoms with E-state index < -0.39 is 22.1 Å². The topological polar surface area (TPSA) is 83.7 Å². The molecule has 2 atom stereocenters. The molecule has 1 aliphatic rings. The summed E-state index contributed by atoms with van der Waals surface area (Å²) in [4.78, 5) is 15.0. The van der Waals surface area contributed by atoms with Gasteiger partial charge in [0.15, 0.2) is 0 Å². The Morgan fingerprint density at radius 1 is 1.07 bits per heavy atom. The zero-order chi connectivity index (χ0) is 20.3. The van der Waals surface area contributed by atoms with Crippen LogP contribution in [0.1, 0.15) is 24.5 Å². The SMILES string of the molecule is Cc1ccc(S(=O)(=O)N2C(CN)CCN(Cc3ccccc3)C(=O)C2C)cc1. The highest BCUT2D eigenvalue weighted by molar-refractivity contribution is 7.89. The van der Waals surface area contributed by atoms with Crippen LogP contribution in [0.5, 0.6) is 0 Å². The fraction of sp³-hybridized carbons (Fsp3) is 0.381. The molecular weight excluding hydrogens is 374 g/mol. The first-order chi connectivity index (χ1) is 13.3. The number of nitrogens with two attached hydrogens (primary N) is 1. The normalized spacial score (nSPS) is 21.5. The molecule has 2 aromatic rings. The van der Waals surface area contributed by atoms with E-state index in [0.29, 0.717) is 19.5 Å². The van der Waals surface area contributed by atoms with Crippen LogP contribution in [0.4, 0.5) is 0 Å². The molecule has 0 saturated carbocycles. The lowest BCUT2D eigenvalue weighted by Gasteiger charge is -2.32. The van der Waals surface area contributed by atoms with E-state index in [1.165, 1.54) is 4.31 Å². The predicted octanol–water partition coefficient (Wildman–Crippen LogP) is 2.13. The molecule has 1 fully saturated rings. The van der Waals surface area contributed by atoms with Crippen LogP contribution in [0.25, 0.3) is 0 Å². The number of sulfonamides is 1. The Morgan fingerprint density at radius 2 is 1.71 bits per heavy atom. The van der Waals surface area contributed by atoms with Crippen molar-refractivity contribution in [3.63, 3.8) is 0 Å². The maximum atomic E-state index is 13.3. The van der Waals surface area contributed by atoms with Crippen LogP contribution < -0.4 is 5.73 Å². The van der Waals surface area contributed by atoms with Gasteiger partial charge in [0.2, 0.25) is 15.9 Å². The molecule has 1 saturated heterocycles. The van der Waals surface area contributed by atoms with Crippen molar-refractivity contribution in [2.45, 2.75) is 43.8 Å². The second kappa shape index (κ2) is 8.43. The number of rotatable bonds is 5. The minimum Gasteiger partial charge on any atom is -0.337 e. The van der Waals surface area contributed by atoms with Crippen molar-refractivity contribution in [3.05, 3.63) is 65.7 Å².